The van der Waals surface area contributed by atoms with E-state index < -0.39 is 11.7 Å². The summed E-state index contributed by atoms with van der Waals surface area (Å²) in [5.41, 5.74) is 3.27. The number of ether oxygens (including phenoxy) is 1. The normalized spacial score (nSPS) is 15.7. The van der Waals surface area contributed by atoms with Crippen molar-refractivity contribution in [2.75, 3.05) is 62.7 Å². The number of hydrogen-bond acceptors (Lipinski definition) is 5. The minimum absolute atomic E-state index is 0.00882. The van der Waals surface area contributed by atoms with Crippen LogP contribution in [0.25, 0.3) is 0 Å². The Bertz CT molecular complexity index is 1360. The van der Waals surface area contributed by atoms with Crippen molar-refractivity contribution in [1.82, 2.24) is 9.80 Å². The molecule has 0 saturated carbocycles. The predicted molar refractivity (Wildman–Crippen MR) is 147 cm³/mol. The Hall–Kier alpha value is -4.24. The first kappa shape index (κ1) is 26.4. The highest BCUT2D eigenvalue weighted by Crippen LogP contribution is 2.28. The Balaban J connectivity index is 1.36. The summed E-state index contributed by atoms with van der Waals surface area (Å²) in [6, 6.07) is 18.5. The highest BCUT2D eigenvalue weighted by molar-refractivity contribution is 6.06. The van der Waals surface area contributed by atoms with Gasteiger partial charge in [0.25, 0.3) is 17.7 Å². The fourth-order valence-electron chi connectivity index (χ4n) is 4.87. The lowest BCUT2D eigenvalue weighted by Crippen LogP contribution is -2.49. The summed E-state index contributed by atoms with van der Waals surface area (Å²) >= 11 is 0. The molecule has 9 heteroatoms. The molecule has 2 aliphatic rings. The van der Waals surface area contributed by atoms with Gasteiger partial charge >= 0.3 is 0 Å². The van der Waals surface area contributed by atoms with E-state index in [4.69, 9.17) is 4.74 Å². The number of nitrogens with one attached hydrogen (secondary N) is 1. The Kier molecular flexibility index (Phi) is 7.88. The highest BCUT2D eigenvalue weighted by Gasteiger charge is 2.28. The number of amides is 3. The lowest BCUT2D eigenvalue weighted by Gasteiger charge is -2.37. The van der Waals surface area contributed by atoms with E-state index in [9.17, 15) is 18.8 Å². The van der Waals surface area contributed by atoms with Crippen LogP contribution in [0.15, 0.2) is 66.7 Å². The van der Waals surface area contributed by atoms with Gasteiger partial charge in [-0.1, -0.05) is 29.8 Å². The van der Waals surface area contributed by atoms with Crippen LogP contribution in [0, 0.1) is 12.7 Å². The zero-order valence-electron chi connectivity index (χ0n) is 21.9. The third-order valence-electron chi connectivity index (χ3n) is 7.11. The van der Waals surface area contributed by atoms with Gasteiger partial charge in [-0.3, -0.25) is 14.4 Å². The van der Waals surface area contributed by atoms with Gasteiger partial charge in [-0.05, 0) is 49.4 Å². The molecule has 0 spiro atoms. The van der Waals surface area contributed by atoms with Crippen LogP contribution in [0.5, 0.6) is 0 Å². The van der Waals surface area contributed by atoms with Crippen molar-refractivity contribution in [3.8, 4) is 0 Å². The molecular weight excluding hydrogens is 499 g/mol. The van der Waals surface area contributed by atoms with Crippen molar-refractivity contribution < 1.29 is 23.5 Å². The average Bonchev–Trinajstić information content (AvgIpc) is 2.97. The summed E-state index contributed by atoms with van der Waals surface area (Å²) in [7, 11) is 0. The van der Waals surface area contributed by atoms with Crippen molar-refractivity contribution in [3.05, 3.63) is 94.8 Å². The first-order valence-electron chi connectivity index (χ1n) is 13.1. The number of piperazine rings is 1. The molecular formula is C30H31FN4O4. The fraction of sp³-hybridized carbons (Fsp3) is 0.300. The van der Waals surface area contributed by atoms with Crippen LogP contribution in [0.4, 0.5) is 15.8 Å². The van der Waals surface area contributed by atoms with Gasteiger partial charge in [-0.2, -0.15) is 0 Å². The molecule has 202 valence electrons. The summed E-state index contributed by atoms with van der Waals surface area (Å²) in [4.78, 5) is 45.0. The van der Waals surface area contributed by atoms with Crippen LogP contribution in [0.1, 0.15) is 36.6 Å². The maximum absolute atomic E-state index is 14.1. The number of carbonyl (C=O) groups excluding carboxylic acids is 3. The second-order valence-corrected chi connectivity index (χ2v) is 9.72. The van der Waals surface area contributed by atoms with E-state index >= 15 is 0 Å². The molecule has 2 heterocycles. The van der Waals surface area contributed by atoms with Gasteiger partial charge in [0.15, 0.2) is 0 Å². The second-order valence-electron chi connectivity index (χ2n) is 9.72. The number of nitrogens with zero attached hydrogens (tertiary/aromatic N) is 3. The highest BCUT2D eigenvalue weighted by atomic mass is 19.1. The van der Waals surface area contributed by atoms with E-state index in [1.165, 1.54) is 18.2 Å². The minimum atomic E-state index is -0.616. The smallest absolute Gasteiger partial charge is 0.258 e. The number of aryl methyl sites for hydroxylation is 1. The zero-order valence-corrected chi connectivity index (χ0v) is 21.9. The molecule has 0 bridgehead atoms. The van der Waals surface area contributed by atoms with Gasteiger partial charge < -0.3 is 24.8 Å². The number of carbonyl (C=O) groups is 3. The molecule has 2 aliphatic heterocycles. The number of anilines is 2. The largest absolute Gasteiger partial charge is 0.378 e. The van der Waals surface area contributed by atoms with E-state index in [2.05, 4.69) is 10.2 Å². The van der Waals surface area contributed by atoms with E-state index in [-0.39, 0.29) is 17.4 Å². The quantitative estimate of drug-likeness (QED) is 0.543. The molecule has 8 nitrogen and oxygen atoms in total. The van der Waals surface area contributed by atoms with Crippen molar-refractivity contribution in [2.24, 2.45) is 0 Å². The number of hydrogen-bond donors (Lipinski definition) is 1. The van der Waals surface area contributed by atoms with E-state index in [0.717, 1.165) is 11.3 Å². The van der Waals surface area contributed by atoms with Crippen LogP contribution >= 0.6 is 0 Å². The Morgan fingerprint density at radius 2 is 1.44 bits per heavy atom. The second kappa shape index (κ2) is 11.7. The third kappa shape index (κ3) is 5.93. The Morgan fingerprint density at radius 1 is 0.769 bits per heavy atom. The molecule has 3 aromatic rings. The van der Waals surface area contributed by atoms with Crippen LogP contribution in [0.3, 0.4) is 0 Å². The Labute approximate surface area is 227 Å². The van der Waals surface area contributed by atoms with Crippen molar-refractivity contribution >= 4 is 29.1 Å². The molecule has 0 aromatic heterocycles. The van der Waals surface area contributed by atoms with Crippen molar-refractivity contribution in [3.63, 3.8) is 0 Å². The van der Waals surface area contributed by atoms with Gasteiger partial charge in [0.1, 0.15) is 5.82 Å². The fourth-order valence-corrected chi connectivity index (χ4v) is 4.87. The van der Waals surface area contributed by atoms with Gasteiger partial charge in [-0.25, -0.2) is 4.39 Å². The van der Waals surface area contributed by atoms with Crippen LogP contribution in [-0.4, -0.2) is 80.0 Å². The number of halogens is 1. The molecule has 1 N–H and O–H groups in total. The zero-order chi connectivity index (χ0) is 27.4. The monoisotopic (exact) mass is 530 g/mol. The van der Waals surface area contributed by atoms with E-state index in [1.807, 2.05) is 42.2 Å². The van der Waals surface area contributed by atoms with E-state index in [0.29, 0.717) is 69.3 Å². The molecule has 0 atom stereocenters. The van der Waals surface area contributed by atoms with Gasteiger partial charge in [-0.15, -0.1) is 0 Å². The molecule has 2 saturated heterocycles. The number of rotatable bonds is 5. The van der Waals surface area contributed by atoms with Crippen molar-refractivity contribution in [1.29, 1.82) is 0 Å². The van der Waals surface area contributed by atoms with Gasteiger partial charge in [0.05, 0.1) is 24.3 Å². The number of morpholine rings is 1. The van der Waals surface area contributed by atoms with Crippen LogP contribution < -0.4 is 10.2 Å². The maximum atomic E-state index is 14.1. The topological polar surface area (TPSA) is 82.2 Å². The van der Waals surface area contributed by atoms with Gasteiger partial charge in [0, 0.05) is 56.2 Å². The minimum Gasteiger partial charge on any atom is -0.378 e. The number of benzene rings is 3. The predicted octanol–water partition coefficient (Wildman–Crippen LogP) is 3.82. The SMILES string of the molecule is Cc1ccc(C(=O)N2CCN(c3ccc(NC(=O)c4ccccc4F)cc3C(=O)N3CCOCC3)CC2)cc1. The summed E-state index contributed by atoms with van der Waals surface area (Å²) in [5, 5.41) is 2.73. The van der Waals surface area contributed by atoms with Crippen LogP contribution in [-0.2, 0) is 4.74 Å². The lowest BCUT2D eigenvalue weighted by molar-refractivity contribution is 0.0303. The lowest BCUT2D eigenvalue weighted by atomic mass is 10.1. The van der Waals surface area contributed by atoms with Crippen molar-refractivity contribution in [2.45, 2.75) is 6.92 Å². The van der Waals surface area contributed by atoms with E-state index in [1.54, 1.807) is 23.1 Å². The standard InChI is InChI=1S/C30H31FN4O4/c1-21-6-8-22(9-7-21)29(37)34-14-12-33(13-15-34)27-11-10-23(32-28(36)24-4-2-3-5-26(24)31)20-25(27)30(38)35-16-18-39-19-17-35/h2-11,20H,12-19H2,1H3,(H,32,36). The maximum Gasteiger partial charge on any atom is 0.258 e. The average molecular weight is 531 g/mol. The molecule has 0 aliphatic carbocycles. The van der Waals surface area contributed by atoms with Gasteiger partial charge in [0.2, 0.25) is 0 Å². The van der Waals surface area contributed by atoms with Crippen LogP contribution in [0.2, 0.25) is 0 Å². The first-order valence-corrected chi connectivity index (χ1v) is 13.1. The molecule has 39 heavy (non-hydrogen) atoms. The third-order valence-corrected chi connectivity index (χ3v) is 7.11. The Morgan fingerprint density at radius 3 is 2.13 bits per heavy atom. The first-order chi connectivity index (χ1) is 18.9. The summed E-state index contributed by atoms with van der Waals surface area (Å²) in [6.07, 6.45) is 0. The molecule has 2 fully saturated rings. The summed E-state index contributed by atoms with van der Waals surface area (Å²) in [5.74, 6) is -1.37. The molecule has 3 aromatic carbocycles. The molecule has 3 amide bonds. The molecule has 5 rings (SSSR count). The summed E-state index contributed by atoms with van der Waals surface area (Å²) in [6.45, 7) is 6.01. The molecule has 0 radical (unpaired) electrons. The summed E-state index contributed by atoms with van der Waals surface area (Å²) < 4.78 is 19.6. The molecule has 0 unspecified atom stereocenters.